The number of carbonyl (C=O) groups excluding carboxylic acids is 3. The summed E-state index contributed by atoms with van der Waals surface area (Å²) in [6.07, 6.45) is 12.1. The van der Waals surface area contributed by atoms with Crippen LogP contribution in [0.3, 0.4) is 0 Å². The molecule has 0 saturated carbocycles. The van der Waals surface area contributed by atoms with Crippen LogP contribution in [-0.2, 0) is 23.9 Å². The zero-order valence-electron chi connectivity index (χ0n) is 15.4. The molecule has 0 N–H and O–H groups in total. The number of hydrogen-bond donors (Lipinski definition) is 0. The fourth-order valence-electron chi connectivity index (χ4n) is 2.57. The van der Waals surface area contributed by atoms with Crippen LogP contribution in [0, 0.1) is 0 Å². The minimum atomic E-state index is -0.408. The number of hydrogen-bond acceptors (Lipinski definition) is 5. The molecule has 0 atom stereocenters. The lowest BCUT2D eigenvalue weighted by molar-refractivity contribution is -0.145. The smallest absolute Gasteiger partial charge is 0.313 e. The summed E-state index contributed by atoms with van der Waals surface area (Å²) < 4.78 is 9.36. The van der Waals surface area contributed by atoms with E-state index >= 15 is 0 Å². The van der Waals surface area contributed by atoms with Gasteiger partial charge in [-0.3, -0.25) is 14.4 Å². The number of unbranched alkanes of at least 4 members (excludes halogenated alkanes) is 9. The molecule has 24 heavy (non-hydrogen) atoms. The number of ketones is 1. The van der Waals surface area contributed by atoms with Crippen molar-refractivity contribution >= 4 is 17.7 Å². The van der Waals surface area contributed by atoms with Gasteiger partial charge >= 0.3 is 11.9 Å². The maximum absolute atomic E-state index is 11.5. The molecule has 5 nitrogen and oxygen atoms in total. The van der Waals surface area contributed by atoms with Crippen LogP contribution < -0.4 is 0 Å². The SMILES string of the molecule is CCOC(=O)CC(=O)CCCCCCCCCCCCC(=O)OC. The molecule has 0 aromatic rings. The summed E-state index contributed by atoms with van der Waals surface area (Å²) in [7, 11) is 1.43. The molecule has 140 valence electrons. The van der Waals surface area contributed by atoms with Gasteiger partial charge < -0.3 is 9.47 Å². The van der Waals surface area contributed by atoms with E-state index in [0.717, 1.165) is 32.1 Å². The van der Waals surface area contributed by atoms with Gasteiger partial charge in [0.1, 0.15) is 12.2 Å². The maximum Gasteiger partial charge on any atom is 0.313 e. The molecule has 0 aliphatic carbocycles. The fraction of sp³-hybridized carbons (Fsp3) is 0.842. The van der Waals surface area contributed by atoms with Gasteiger partial charge in [-0.25, -0.2) is 0 Å². The van der Waals surface area contributed by atoms with Crippen LogP contribution in [0.1, 0.15) is 90.4 Å². The Bertz CT molecular complexity index is 352. The average Bonchev–Trinajstić information content (AvgIpc) is 2.55. The van der Waals surface area contributed by atoms with Gasteiger partial charge in [-0.15, -0.1) is 0 Å². The van der Waals surface area contributed by atoms with Crippen LogP contribution in [-0.4, -0.2) is 31.4 Å². The van der Waals surface area contributed by atoms with E-state index in [2.05, 4.69) is 4.74 Å². The summed E-state index contributed by atoms with van der Waals surface area (Å²) >= 11 is 0. The van der Waals surface area contributed by atoms with Crippen LogP contribution in [0.2, 0.25) is 0 Å². The molecule has 0 amide bonds. The Hall–Kier alpha value is -1.39. The molecule has 0 aliphatic rings. The zero-order valence-corrected chi connectivity index (χ0v) is 15.4. The lowest BCUT2D eigenvalue weighted by Gasteiger charge is -2.03. The van der Waals surface area contributed by atoms with E-state index in [1.807, 2.05) is 0 Å². The monoisotopic (exact) mass is 342 g/mol. The van der Waals surface area contributed by atoms with Gasteiger partial charge in [0.05, 0.1) is 13.7 Å². The lowest BCUT2D eigenvalue weighted by Crippen LogP contribution is -2.10. The van der Waals surface area contributed by atoms with Gasteiger partial charge in [-0.2, -0.15) is 0 Å². The average molecular weight is 342 g/mol. The third-order valence-corrected chi connectivity index (χ3v) is 3.96. The van der Waals surface area contributed by atoms with Crippen LogP contribution in [0.15, 0.2) is 0 Å². The van der Waals surface area contributed by atoms with Gasteiger partial charge in [0.15, 0.2) is 0 Å². The molecule has 5 heteroatoms. The first-order valence-electron chi connectivity index (χ1n) is 9.34. The number of esters is 2. The van der Waals surface area contributed by atoms with Crippen molar-refractivity contribution in [2.24, 2.45) is 0 Å². The van der Waals surface area contributed by atoms with E-state index in [1.165, 1.54) is 39.2 Å². The van der Waals surface area contributed by atoms with Crippen molar-refractivity contribution in [2.75, 3.05) is 13.7 Å². The summed E-state index contributed by atoms with van der Waals surface area (Å²) in [5, 5.41) is 0. The van der Waals surface area contributed by atoms with Crippen molar-refractivity contribution in [1.82, 2.24) is 0 Å². The normalized spacial score (nSPS) is 10.4. The molecule has 0 rings (SSSR count). The molecular formula is C19H34O5. The second kappa shape index (κ2) is 16.5. The van der Waals surface area contributed by atoms with E-state index < -0.39 is 5.97 Å². The van der Waals surface area contributed by atoms with Gasteiger partial charge in [0, 0.05) is 12.8 Å². The first-order valence-corrected chi connectivity index (χ1v) is 9.34. The summed E-state index contributed by atoms with van der Waals surface area (Å²) in [6.45, 7) is 2.07. The number of rotatable bonds is 16. The first-order chi connectivity index (χ1) is 11.6. The second-order valence-corrected chi connectivity index (χ2v) is 6.13. The van der Waals surface area contributed by atoms with Crippen LogP contribution in [0.5, 0.6) is 0 Å². The Morgan fingerprint density at radius 3 is 1.58 bits per heavy atom. The quantitative estimate of drug-likeness (QED) is 0.237. The molecule has 0 bridgehead atoms. The summed E-state index contributed by atoms with van der Waals surface area (Å²) in [4.78, 5) is 33.6. The lowest BCUT2D eigenvalue weighted by atomic mass is 10.0. The zero-order chi connectivity index (χ0) is 18.0. The standard InChI is InChI=1S/C19H34O5/c1-3-24-19(22)16-17(20)14-12-10-8-6-4-5-7-9-11-13-15-18(21)23-2/h3-16H2,1-2H3. The molecule has 0 aromatic heterocycles. The molecule has 0 aliphatic heterocycles. The summed E-state index contributed by atoms with van der Waals surface area (Å²) in [5.41, 5.74) is 0. The summed E-state index contributed by atoms with van der Waals surface area (Å²) in [5.74, 6) is -0.537. The maximum atomic E-state index is 11.5. The number of Topliss-reactive ketones (excluding diaryl/α,β-unsaturated/α-hetero) is 1. The van der Waals surface area contributed by atoms with Crippen molar-refractivity contribution in [1.29, 1.82) is 0 Å². The molecule has 0 spiro atoms. The van der Waals surface area contributed by atoms with Gasteiger partial charge in [-0.05, 0) is 19.8 Å². The predicted octanol–water partition coefficient (Wildman–Crippen LogP) is 4.36. The Balaban J connectivity index is 3.24. The Kier molecular flexibility index (Phi) is 15.5. The molecule has 0 aromatic carbocycles. The molecule has 0 heterocycles. The Labute approximate surface area is 146 Å². The Morgan fingerprint density at radius 2 is 1.12 bits per heavy atom. The molecule has 0 radical (unpaired) electrons. The highest BCUT2D eigenvalue weighted by atomic mass is 16.5. The van der Waals surface area contributed by atoms with E-state index in [9.17, 15) is 14.4 Å². The highest BCUT2D eigenvalue weighted by Crippen LogP contribution is 2.12. The third-order valence-electron chi connectivity index (χ3n) is 3.96. The van der Waals surface area contributed by atoms with Crippen molar-refractivity contribution in [3.05, 3.63) is 0 Å². The van der Waals surface area contributed by atoms with Crippen molar-refractivity contribution < 1.29 is 23.9 Å². The highest BCUT2D eigenvalue weighted by molar-refractivity contribution is 5.95. The predicted molar refractivity (Wildman–Crippen MR) is 93.7 cm³/mol. The van der Waals surface area contributed by atoms with Gasteiger partial charge in [0.2, 0.25) is 0 Å². The Morgan fingerprint density at radius 1 is 0.667 bits per heavy atom. The van der Waals surface area contributed by atoms with Crippen LogP contribution in [0.4, 0.5) is 0 Å². The van der Waals surface area contributed by atoms with E-state index in [0.29, 0.717) is 19.4 Å². The molecule has 0 fully saturated rings. The first kappa shape index (κ1) is 22.6. The number of ether oxygens (including phenoxy) is 2. The van der Waals surface area contributed by atoms with Crippen molar-refractivity contribution in [2.45, 2.75) is 90.4 Å². The van der Waals surface area contributed by atoms with E-state index in [4.69, 9.17) is 4.74 Å². The third kappa shape index (κ3) is 15.5. The topological polar surface area (TPSA) is 69.7 Å². The molecular weight excluding hydrogens is 308 g/mol. The highest BCUT2D eigenvalue weighted by Gasteiger charge is 2.09. The number of carbonyl (C=O) groups is 3. The van der Waals surface area contributed by atoms with Crippen molar-refractivity contribution in [3.63, 3.8) is 0 Å². The minimum absolute atomic E-state index is 0.0135. The second-order valence-electron chi connectivity index (χ2n) is 6.13. The number of methoxy groups -OCH3 is 1. The van der Waals surface area contributed by atoms with Crippen LogP contribution in [0.25, 0.3) is 0 Å². The summed E-state index contributed by atoms with van der Waals surface area (Å²) in [6, 6.07) is 0. The van der Waals surface area contributed by atoms with Crippen LogP contribution >= 0.6 is 0 Å². The largest absolute Gasteiger partial charge is 0.469 e. The van der Waals surface area contributed by atoms with Gasteiger partial charge in [-0.1, -0.05) is 51.4 Å². The van der Waals surface area contributed by atoms with E-state index in [1.54, 1.807) is 6.92 Å². The van der Waals surface area contributed by atoms with E-state index in [-0.39, 0.29) is 18.2 Å². The molecule has 0 saturated heterocycles. The van der Waals surface area contributed by atoms with Gasteiger partial charge in [0.25, 0.3) is 0 Å². The molecule has 0 unspecified atom stereocenters. The van der Waals surface area contributed by atoms with Crippen molar-refractivity contribution in [3.8, 4) is 0 Å². The fourth-order valence-corrected chi connectivity index (χ4v) is 2.57. The minimum Gasteiger partial charge on any atom is -0.469 e.